The maximum atomic E-state index is 12.5. The van der Waals surface area contributed by atoms with Crippen molar-refractivity contribution in [1.82, 2.24) is 0 Å². The van der Waals surface area contributed by atoms with Gasteiger partial charge in [-0.3, -0.25) is 24.6 Å². The van der Waals surface area contributed by atoms with Crippen LogP contribution in [0.3, 0.4) is 0 Å². The van der Waals surface area contributed by atoms with Crippen LogP contribution in [0.4, 0.5) is 24.5 Å². The Morgan fingerprint density at radius 3 is 2.14 bits per heavy atom. The number of benzene rings is 1. The Hall–Kier alpha value is -2.16. The summed E-state index contributed by atoms with van der Waals surface area (Å²) in [5.74, 6) is -3.61. The molecule has 0 unspecified atom stereocenters. The number of alkyl halides is 4. The van der Waals surface area contributed by atoms with Gasteiger partial charge in [-0.2, -0.15) is 13.2 Å². The number of rotatable bonds is 5. The highest BCUT2D eigenvalue weighted by Gasteiger charge is 2.43. The molecule has 0 saturated heterocycles. The van der Waals surface area contributed by atoms with E-state index in [4.69, 9.17) is 11.6 Å². The van der Waals surface area contributed by atoms with Gasteiger partial charge in [0.2, 0.25) is 0 Å². The average Bonchev–Trinajstić information content (AvgIpc) is 2.42. The predicted molar refractivity (Wildman–Crippen MR) is 67.2 cm³/mol. The third-order valence-corrected chi connectivity index (χ3v) is 2.64. The molecule has 0 saturated carbocycles. The molecule has 1 amide bonds. The molecule has 1 rings (SSSR count). The van der Waals surface area contributed by atoms with E-state index in [9.17, 15) is 32.9 Å². The quantitative estimate of drug-likeness (QED) is 0.473. The molecular weight excluding hydrogens is 317 g/mol. The fourth-order valence-electron chi connectivity index (χ4n) is 1.41. The standard InChI is InChI=1S/C11H8ClF3N2O4/c12-5-9(18)6-16(10(19)11(13,14)15)7-1-3-8(4-2-7)17(20)21/h1-4H,5-6H2. The number of halogens is 4. The summed E-state index contributed by atoms with van der Waals surface area (Å²) in [4.78, 5) is 32.4. The maximum absolute atomic E-state index is 12.5. The second-order valence-corrected chi connectivity index (χ2v) is 4.10. The minimum atomic E-state index is -5.19. The van der Waals surface area contributed by atoms with Crippen LogP contribution in [0.5, 0.6) is 0 Å². The first-order valence-corrected chi connectivity index (χ1v) is 5.91. The van der Waals surface area contributed by atoms with Crippen LogP contribution in [0.15, 0.2) is 24.3 Å². The van der Waals surface area contributed by atoms with Crippen molar-refractivity contribution in [3.63, 3.8) is 0 Å². The van der Waals surface area contributed by atoms with Crippen molar-refractivity contribution in [2.75, 3.05) is 17.3 Å². The van der Waals surface area contributed by atoms with E-state index in [1.54, 1.807) is 0 Å². The van der Waals surface area contributed by atoms with E-state index in [0.717, 1.165) is 24.3 Å². The van der Waals surface area contributed by atoms with Crippen LogP contribution in [-0.2, 0) is 9.59 Å². The number of non-ortho nitro benzene ring substituents is 1. The van der Waals surface area contributed by atoms with Crippen LogP contribution in [0.1, 0.15) is 0 Å². The number of ketones is 1. The molecule has 0 spiro atoms. The average molecular weight is 325 g/mol. The summed E-state index contributed by atoms with van der Waals surface area (Å²) in [5, 5.41) is 10.5. The summed E-state index contributed by atoms with van der Waals surface area (Å²) in [6, 6.07) is 3.75. The highest BCUT2D eigenvalue weighted by atomic mass is 35.5. The smallest absolute Gasteiger partial charge is 0.297 e. The minimum absolute atomic E-state index is 0.175. The molecule has 0 aliphatic rings. The van der Waals surface area contributed by atoms with Gasteiger partial charge in [0.25, 0.3) is 5.69 Å². The molecule has 21 heavy (non-hydrogen) atoms. The topological polar surface area (TPSA) is 80.5 Å². The lowest BCUT2D eigenvalue weighted by molar-refractivity contribution is -0.384. The highest BCUT2D eigenvalue weighted by Crippen LogP contribution is 2.25. The molecule has 0 heterocycles. The number of carbonyl (C=O) groups excluding carboxylic acids is 2. The Balaban J connectivity index is 3.14. The zero-order chi connectivity index (χ0) is 16.2. The molecule has 0 radical (unpaired) electrons. The number of nitro benzene ring substituents is 1. The summed E-state index contributed by atoms with van der Waals surface area (Å²) < 4.78 is 37.5. The molecule has 0 N–H and O–H groups in total. The number of anilines is 1. The second kappa shape index (κ2) is 6.53. The first kappa shape index (κ1) is 16.9. The zero-order valence-corrected chi connectivity index (χ0v) is 11.0. The lowest BCUT2D eigenvalue weighted by atomic mass is 10.2. The summed E-state index contributed by atoms with van der Waals surface area (Å²) in [5.41, 5.74) is -0.650. The van der Waals surface area contributed by atoms with Crippen molar-refractivity contribution >= 4 is 34.7 Å². The second-order valence-electron chi connectivity index (χ2n) is 3.83. The van der Waals surface area contributed by atoms with Crippen LogP contribution >= 0.6 is 11.6 Å². The molecule has 0 aromatic heterocycles. The third kappa shape index (κ3) is 4.42. The van der Waals surface area contributed by atoms with Crippen LogP contribution < -0.4 is 4.90 Å². The molecule has 0 aliphatic heterocycles. The molecule has 1 aromatic carbocycles. The van der Waals surface area contributed by atoms with Crippen LogP contribution in [0.2, 0.25) is 0 Å². The summed E-state index contributed by atoms with van der Waals surface area (Å²) in [6.07, 6.45) is -5.19. The van der Waals surface area contributed by atoms with E-state index in [2.05, 4.69) is 0 Å². The fraction of sp³-hybridized carbons (Fsp3) is 0.273. The number of hydrogen-bond acceptors (Lipinski definition) is 4. The van der Waals surface area contributed by atoms with Crippen molar-refractivity contribution in [1.29, 1.82) is 0 Å². The summed E-state index contributed by atoms with van der Waals surface area (Å²) >= 11 is 5.21. The first-order chi connectivity index (χ1) is 9.66. The number of carbonyl (C=O) groups is 2. The molecular formula is C11H8ClF3N2O4. The number of hydrogen-bond donors (Lipinski definition) is 0. The normalized spacial score (nSPS) is 11.0. The number of amides is 1. The Labute approximate surface area is 121 Å². The van der Waals surface area contributed by atoms with Gasteiger partial charge in [0.15, 0.2) is 5.78 Å². The molecule has 0 aliphatic carbocycles. The van der Waals surface area contributed by atoms with E-state index < -0.39 is 35.2 Å². The lowest BCUT2D eigenvalue weighted by Crippen LogP contribution is -2.44. The third-order valence-electron chi connectivity index (χ3n) is 2.34. The molecule has 0 atom stereocenters. The van der Waals surface area contributed by atoms with E-state index in [1.165, 1.54) is 0 Å². The Morgan fingerprint density at radius 2 is 1.76 bits per heavy atom. The largest absolute Gasteiger partial charge is 0.471 e. The van der Waals surface area contributed by atoms with Crippen LogP contribution in [-0.4, -0.2) is 35.2 Å². The van der Waals surface area contributed by atoms with E-state index >= 15 is 0 Å². The lowest BCUT2D eigenvalue weighted by Gasteiger charge is -2.22. The molecule has 114 valence electrons. The number of nitrogens with zero attached hydrogens (tertiary/aromatic N) is 2. The van der Waals surface area contributed by atoms with Gasteiger partial charge in [-0.25, -0.2) is 0 Å². The van der Waals surface area contributed by atoms with Crippen LogP contribution in [0, 0.1) is 10.1 Å². The monoisotopic (exact) mass is 324 g/mol. The van der Waals surface area contributed by atoms with Crippen molar-refractivity contribution in [3.8, 4) is 0 Å². The maximum Gasteiger partial charge on any atom is 0.471 e. The van der Waals surface area contributed by atoms with Gasteiger partial charge in [0, 0.05) is 17.8 Å². The number of Topliss-reactive ketones (excluding diaryl/α,β-unsaturated/α-hetero) is 1. The van der Waals surface area contributed by atoms with Crippen molar-refractivity contribution in [3.05, 3.63) is 34.4 Å². The predicted octanol–water partition coefficient (Wildman–Crippen LogP) is 2.30. The van der Waals surface area contributed by atoms with E-state index in [0.29, 0.717) is 0 Å². The highest BCUT2D eigenvalue weighted by molar-refractivity contribution is 6.28. The molecule has 1 aromatic rings. The minimum Gasteiger partial charge on any atom is -0.297 e. The van der Waals surface area contributed by atoms with E-state index in [-0.39, 0.29) is 16.3 Å². The van der Waals surface area contributed by atoms with Crippen molar-refractivity contribution in [2.24, 2.45) is 0 Å². The zero-order valence-electron chi connectivity index (χ0n) is 10.3. The van der Waals surface area contributed by atoms with Gasteiger partial charge in [0.05, 0.1) is 17.3 Å². The summed E-state index contributed by atoms with van der Waals surface area (Å²) in [7, 11) is 0. The summed E-state index contributed by atoms with van der Waals surface area (Å²) in [6.45, 7) is -0.875. The van der Waals surface area contributed by atoms with Gasteiger partial charge in [-0.05, 0) is 12.1 Å². The van der Waals surface area contributed by atoms with Gasteiger partial charge < -0.3 is 0 Å². The first-order valence-electron chi connectivity index (χ1n) is 5.37. The van der Waals surface area contributed by atoms with E-state index in [1.807, 2.05) is 0 Å². The number of nitro groups is 1. The molecule has 6 nitrogen and oxygen atoms in total. The van der Waals surface area contributed by atoms with Gasteiger partial charge in [0.1, 0.15) is 0 Å². The molecule has 0 bridgehead atoms. The SMILES string of the molecule is O=C(CCl)CN(C(=O)C(F)(F)F)c1ccc([N+](=O)[O-])cc1. The Morgan fingerprint density at radius 1 is 1.24 bits per heavy atom. The van der Waals surface area contributed by atoms with Crippen LogP contribution in [0.25, 0.3) is 0 Å². The van der Waals surface area contributed by atoms with Gasteiger partial charge >= 0.3 is 12.1 Å². The Kier molecular flexibility index (Phi) is 5.25. The molecule has 10 heteroatoms. The van der Waals surface area contributed by atoms with Crippen molar-refractivity contribution < 1.29 is 27.7 Å². The molecule has 0 fully saturated rings. The Bertz CT molecular complexity index is 560. The van der Waals surface area contributed by atoms with Gasteiger partial charge in [-0.1, -0.05) is 0 Å². The van der Waals surface area contributed by atoms with Gasteiger partial charge in [-0.15, -0.1) is 11.6 Å². The fourth-order valence-corrected chi connectivity index (χ4v) is 1.49. The van der Waals surface area contributed by atoms with Crippen molar-refractivity contribution in [2.45, 2.75) is 6.18 Å².